The number of aromatic nitrogens is 1. The first kappa shape index (κ1) is 10.6. The van der Waals surface area contributed by atoms with Crippen LogP contribution in [0.3, 0.4) is 0 Å². The third-order valence-corrected chi connectivity index (χ3v) is 3.90. The molecular weight excluding hydrogens is 274 g/mol. The predicted molar refractivity (Wildman–Crippen MR) is 65.5 cm³/mol. The van der Waals surface area contributed by atoms with Gasteiger partial charge in [0.1, 0.15) is 0 Å². The van der Waals surface area contributed by atoms with Crippen molar-refractivity contribution in [1.82, 2.24) is 4.57 Å². The minimum absolute atomic E-state index is 0.741. The predicted octanol–water partition coefficient (Wildman–Crippen LogP) is 3.37. The van der Waals surface area contributed by atoms with E-state index in [0.29, 0.717) is 0 Å². The molecule has 2 heterocycles. The topological polar surface area (TPSA) is 22.0 Å². The number of hydrogen-bond donors (Lipinski definition) is 0. The van der Waals surface area contributed by atoms with Crippen LogP contribution >= 0.6 is 27.3 Å². The lowest BCUT2D eigenvalue weighted by atomic mass is 10.3. The maximum atomic E-state index is 10.7. The summed E-state index contributed by atoms with van der Waals surface area (Å²) in [5, 5.41) is 0. The van der Waals surface area contributed by atoms with Gasteiger partial charge in [-0.2, -0.15) is 0 Å². The molecule has 0 bridgehead atoms. The van der Waals surface area contributed by atoms with E-state index >= 15 is 0 Å². The fraction of sp³-hybridized carbons (Fsp3) is 0.182. The molecule has 2 rings (SSSR count). The third-order valence-electron chi connectivity index (χ3n) is 2.21. The molecule has 0 aliphatic rings. The minimum Gasteiger partial charge on any atom is -0.345 e. The van der Waals surface area contributed by atoms with Crippen molar-refractivity contribution in [2.75, 3.05) is 0 Å². The molecule has 0 aliphatic heterocycles. The van der Waals surface area contributed by atoms with Crippen molar-refractivity contribution in [3.05, 3.63) is 44.8 Å². The molecule has 0 fully saturated rings. The number of carbonyl (C=O) groups excluding carboxylic acids is 1. The molecule has 0 amide bonds. The number of rotatable bonds is 4. The van der Waals surface area contributed by atoms with E-state index in [1.807, 2.05) is 22.9 Å². The highest BCUT2D eigenvalue weighted by molar-refractivity contribution is 9.11. The number of aldehydes is 1. The molecule has 0 saturated heterocycles. The monoisotopic (exact) mass is 283 g/mol. The summed E-state index contributed by atoms with van der Waals surface area (Å²) < 4.78 is 3.13. The van der Waals surface area contributed by atoms with E-state index in [1.54, 1.807) is 11.3 Å². The third kappa shape index (κ3) is 2.58. The van der Waals surface area contributed by atoms with E-state index in [4.69, 9.17) is 0 Å². The van der Waals surface area contributed by atoms with Gasteiger partial charge in [-0.25, -0.2) is 0 Å². The van der Waals surface area contributed by atoms with E-state index in [1.165, 1.54) is 4.88 Å². The quantitative estimate of drug-likeness (QED) is 0.789. The molecule has 0 aromatic carbocycles. The van der Waals surface area contributed by atoms with Gasteiger partial charge in [-0.05, 0) is 46.6 Å². The number of halogens is 1. The molecule has 0 spiro atoms. The van der Waals surface area contributed by atoms with Gasteiger partial charge in [0.2, 0.25) is 0 Å². The molecule has 0 N–H and O–H groups in total. The average Bonchev–Trinajstić information content (AvgIpc) is 2.83. The van der Waals surface area contributed by atoms with Crippen LogP contribution in [0.2, 0.25) is 0 Å². The van der Waals surface area contributed by atoms with Gasteiger partial charge in [-0.1, -0.05) is 0 Å². The smallest absolute Gasteiger partial charge is 0.166 e. The maximum absolute atomic E-state index is 10.7. The molecule has 0 aliphatic carbocycles. The Hall–Kier alpha value is -0.870. The van der Waals surface area contributed by atoms with Gasteiger partial charge in [-0.15, -0.1) is 11.3 Å². The summed E-state index contributed by atoms with van der Waals surface area (Å²) >= 11 is 5.17. The minimum atomic E-state index is 0.741. The maximum Gasteiger partial charge on any atom is 0.166 e. The van der Waals surface area contributed by atoms with Gasteiger partial charge in [-0.3, -0.25) is 4.79 Å². The molecular formula is C11H10BrNOS. The molecule has 2 aromatic heterocycles. The molecule has 78 valence electrons. The van der Waals surface area contributed by atoms with Crippen LogP contribution in [0.4, 0.5) is 0 Å². The Morgan fingerprint density at radius 2 is 2.27 bits per heavy atom. The second-order valence-corrected chi connectivity index (χ2v) is 5.75. The van der Waals surface area contributed by atoms with Crippen molar-refractivity contribution in [3.8, 4) is 0 Å². The lowest BCUT2D eigenvalue weighted by molar-refractivity contribution is 0.111. The van der Waals surface area contributed by atoms with E-state index in [2.05, 4.69) is 28.1 Å². The van der Waals surface area contributed by atoms with E-state index in [9.17, 15) is 4.79 Å². The molecule has 2 nitrogen and oxygen atoms in total. The Labute approximate surface area is 101 Å². The van der Waals surface area contributed by atoms with Crippen molar-refractivity contribution in [2.45, 2.75) is 13.0 Å². The molecule has 2 aromatic rings. The number of thiophene rings is 1. The normalized spacial score (nSPS) is 10.5. The first-order valence-corrected chi connectivity index (χ1v) is 6.25. The van der Waals surface area contributed by atoms with Crippen molar-refractivity contribution >= 4 is 33.6 Å². The van der Waals surface area contributed by atoms with Crippen molar-refractivity contribution in [2.24, 2.45) is 0 Å². The van der Waals surface area contributed by atoms with Crippen LogP contribution < -0.4 is 0 Å². The molecule has 0 saturated carbocycles. The summed E-state index contributed by atoms with van der Waals surface area (Å²) in [6, 6.07) is 7.89. The lowest BCUT2D eigenvalue weighted by Crippen LogP contribution is -2.02. The summed E-state index contributed by atoms with van der Waals surface area (Å²) in [5.74, 6) is 0. The fourth-order valence-electron chi connectivity index (χ4n) is 1.45. The number of hydrogen-bond acceptors (Lipinski definition) is 2. The zero-order valence-corrected chi connectivity index (χ0v) is 10.4. The fourth-order valence-corrected chi connectivity index (χ4v) is 2.93. The molecule has 0 unspecified atom stereocenters. The van der Waals surface area contributed by atoms with Crippen molar-refractivity contribution < 1.29 is 4.79 Å². The standard InChI is InChI=1S/C11H10BrNOS/c12-11-4-3-10(15-11)5-7-13-6-1-2-9(13)8-14/h1-4,6,8H,5,7H2. The number of aryl methyl sites for hydroxylation is 2. The Morgan fingerprint density at radius 1 is 1.40 bits per heavy atom. The van der Waals surface area contributed by atoms with E-state index in [-0.39, 0.29) is 0 Å². The van der Waals surface area contributed by atoms with Gasteiger partial charge < -0.3 is 4.57 Å². The average molecular weight is 284 g/mol. The van der Waals surface area contributed by atoms with Gasteiger partial charge in [0.25, 0.3) is 0 Å². The second kappa shape index (κ2) is 4.77. The SMILES string of the molecule is O=Cc1cccn1CCc1ccc(Br)s1. The summed E-state index contributed by atoms with van der Waals surface area (Å²) in [6.07, 6.45) is 3.79. The summed E-state index contributed by atoms with van der Waals surface area (Å²) in [4.78, 5) is 12.0. The van der Waals surface area contributed by atoms with Crippen molar-refractivity contribution in [1.29, 1.82) is 0 Å². The Bertz CT molecular complexity index is 461. The largest absolute Gasteiger partial charge is 0.345 e. The van der Waals surface area contributed by atoms with Crippen LogP contribution in [-0.4, -0.2) is 10.9 Å². The summed E-state index contributed by atoms with van der Waals surface area (Å²) in [6.45, 7) is 0.855. The van der Waals surface area contributed by atoms with Gasteiger partial charge in [0.05, 0.1) is 9.48 Å². The van der Waals surface area contributed by atoms with Crippen molar-refractivity contribution in [3.63, 3.8) is 0 Å². The van der Waals surface area contributed by atoms with Crippen LogP contribution in [0, 0.1) is 0 Å². The first-order chi connectivity index (χ1) is 7.29. The highest BCUT2D eigenvalue weighted by atomic mass is 79.9. The summed E-state index contributed by atoms with van der Waals surface area (Å²) in [7, 11) is 0. The zero-order valence-electron chi connectivity index (χ0n) is 8.02. The first-order valence-electron chi connectivity index (χ1n) is 4.64. The highest BCUT2D eigenvalue weighted by Crippen LogP contribution is 2.22. The van der Waals surface area contributed by atoms with Crippen LogP contribution in [0.5, 0.6) is 0 Å². The number of carbonyl (C=O) groups is 1. The van der Waals surface area contributed by atoms with Gasteiger partial charge in [0.15, 0.2) is 6.29 Å². The Kier molecular flexibility index (Phi) is 3.38. The Morgan fingerprint density at radius 3 is 2.93 bits per heavy atom. The van der Waals surface area contributed by atoms with E-state index < -0.39 is 0 Å². The van der Waals surface area contributed by atoms with Crippen LogP contribution in [-0.2, 0) is 13.0 Å². The molecule has 15 heavy (non-hydrogen) atoms. The number of nitrogens with zero attached hydrogens (tertiary/aromatic N) is 1. The zero-order chi connectivity index (χ0) is 10.7. The molecule has 4 heteroatoms. The Balaban J connectivity index is 2.01. The van der Waals surface area contributed by atoms with Gasteiger partial charge in [0, 0.05) is 17.6 Å². The lowest BCUT2D eigenvalue weighted by Gasteiger charge is -2.03. The molecule has 0 radical (unpaired) electrons. The highest BCUT2D eigenvalue weighted by Gasteiger charge is 2.01. The van der Waals surface area contributed by atoms with Crippen LogP contribution in [0.1, 0.15) is 15.4 Å². The second-order valence-electron chi connectivity index (χ2n) is 3.20. The summed E-state index contributed by atoms with van der Waals surface area (Å²) in [5.41, 5.74) is 0.741. The molecule has 0 atom stereocenters. The van der Waals surface area contributed by atoms with Crippen LogP contribution in [0.15, 0.2) is 34.2 Å². The van der Waals surface area contributed by atoms with Gasteiger partial charge >= 0.3 is 0 Å². The van der Waals surface area contributed by atoms with E-state index in [0.717, 1.165) is 28.7 Å². The van der Waals surface area contributed by atoms with Crippen LogP contribution in [0.25, 0.3) is 0 Å².